The minimum Gasteiger partial charge on any atom is -0.494 e. The fraction of sp³-hybridized carbons (Fsp3) is 0.278. The van der Waals surface area contributed by atoms with E-state index < -0.39 is 0 Å². The first kappa shape index (κ1) is 16.7. The molecule has 2 rings (SSSR count). The van der Waals surface area contributed by atoms with Gasteiger partial charge >= 0.3 is 0 Å². The monoisotopic (exact) mass is 315 g/mol. The van der Waals surface area contributed by atoms with Crippen LogP contribution in [0.5, 0.6) is 17.2 Å². The van der Waals surface area contributed by atoms with E-state index in [1.807, 2.05) is 6.92 Å². The summed E-state index contributed by atoms with van der Waals surface area (Å²) in [4.78, 5) is 12.3. The minimum absolute atomic E-state index is 0.195. The van der Waals surface area contributed by atoms with Gasteiger partial charge in [-0.15, -0.1) is 0 Å². The van der Waals surface area contributed by atoms with Crippen LogP contribution in [0.15, 0.2) is 42.5 Å². The molecular weight excluding hydrogens is 294 g/mol. The number of hydrogen-bond donors (Lipinski definition) is 1. The van der Waals surface area contributed by atoms with Gasteiger partial charge in [0, 0.05) is 17.3 Å². The van der Waals surface area contributed by atoms with Crippen molar-refractivity contribution in [3.05, 3.63) is 48.0 Å². The van der Waals surface area contributed by atoms with Crippen LogP contribution in [0.4, 0.5) is 5.69 Å². The molecule has 0 aliphatic rings. The van der Waals surface area contributed by atoms with Crippen molar-refractivity contribution in [2.45, 2.75) is 13.3 Å². The first-order valence-corrected chi connectivity index (χ1v) is 7.44. The average Bonchev–Trinajstić information content (AvgIpc) is 2.60. The number of amides is 1. The Morgan fingerprint density at radius 2 is 1.70 bits per heavy atom. The normalized spacial score (nSPS) is 10.0. The van der Waals surface area contributed by atoms with Crippen molar-refractivity contribution in [1.82, 2.24) is 0 Å². The van der Waals surface area contributed by atoms with Gasteiger partial charge in [-0.25, -0.2) is 0 Å². The molecule has 0 bridgehead atoms. The molecule has 0 spiro atoms. The Morgan fingerprint density at radius 1 is 1.00 bits per heavy atom. The number of nitrogens with one attached hydrogen (secondary N) is 1. The topological polar surface area (TPSA) is 56.8 Å². The molecule has 0 saturated carbocycles. The predicted molar refractivity (Wildman–Crippen MR) is 89.7 cm³/mol. The van der Waals surface area contributed by atoms with Crippen molar-refractivity contribution in [2.75, 3.05) is 26.1 Å². The molecule has 23 heavy (non-hydrogen) atoms. The quantitative estimate of drug-likeness (QED) is 0.845. The number of carbonyl (C=O) groups is 1. The number of rotatable bonds is 7. The molecular formula is C18H21NO4. The second kappa shape index (κ2) is 8.08. The van der Waals surface area contributed by atoms with Crippen molar-refractivity contribution in [3.8, 4) is 17.2 Å². The van der Waals surface area contributed by atoms with E-state index in [0.717, 1.165) is 12.2 Å². The highest BCUT2D eigenvalue weighted by atomic mass is 16.5. The number of carbonyl (C=O) groups excluding carboxylic acids is 1. The van der Waals surface area contributed by atoms with E-state index in [9.17, 15) is 4.79 Å². The van der Waals surface area contributed by atoms with Crippen molar-refractivity contribution in [1.29, 1.82) is 0 Å². The molecule has 5 nitrogen and oxygen atoms in total. The first-order valence-electron chi connectivity index (χ1n) is 7.44. The molecule has 0 saturated heterocycles. The van der Waals surface area contributed by atoms with Gasteiger partial charge < -0.3 is 19.5 Å². The number of ether oxygens (including phenoxy) is 3. The second-order valence-electron chi connectivity index (χ2n) is 4.90. The van der Waals surface area contributed by atoms with Gasteiger partial charge in [0.25, 0.3) is 5.91 Å². The van der Waals surface area contributed by atoms with Crippen molar-refractivity contribution >= 4 is 11.6 Å². The fourth-order valence-electron chi connectivity index (χ4n) is 2.04. The molecule has 0 fully saturated rings. The van der Waals surface area contributed by atoms with Crippen LogP contribution in [0.1, 0.15) is 23.7 Å². The molecule has 1 amide bonds. The Balaban J connectivity index is 2.06. The van der Waals surface area contributed by atoms with E-state index in [4.69, 9.17) is 14.2 Å². The number of methoxy groups -OCH3 is 2. The highest BCUT2D eigenvalue weighted by molar-refractivity contribution is 6.04. The molecule has 0 aromatic heterocycles. The summed E-state index contributed by atoms with van der Waals surface area (Å²) in [7, 11) is 3.12. The third-order valence-electron chi connectivity index (χ3n) is 3.23. The predicted octanol–water partition coefficient (Wildman–Crippen LogP) is 3.74. The molecule has 122 valence electrons. The highest BCUT2D eigenvalue weighted by Gasteiger charge is 2.09. The van der Waals surface area contributed by atoms with Crippen LogP contribution in [-0.2, 0) is 0 Å². The van der Waals surface area contributed by atoms with Crippen molar-refractivity contribution in [2.24, 2.45) is 0 Å². The van der Waals surface area contributed by atoms with Gasteiger partial charge in [-0.05, 0) is 42.8 Å². The molecule has 0 unspecified atom stereocenters. The van der Waals surface area contributed by atoms with Gasteiger partial charge in [0.1, 0.15) is 5.75 Å². The van der Waals surface area contributed by atoms with Crippen molar-refractivity contribution in [3.63, 3.8) is 0 Å². The summed E-state index contributed by atoms with van der Waals surface area (Å²) in [6.45, 7) is 2.71. The van der Waals surface area contributed by atoms with Crippen LogP contribution < -0.4 is 19.5 Å². The maximum atomic E-state index is 12.3. The smallest absolute Gasteiger partial charge is 0.255 e. The second-order valence-corrected chi connectivity index (χ2v) is 4.90. The molecule has 0 atom stereocenters. The summed E-state index contributed by atoms with van der Waals surface area (Å²) in [5.74, 6) is 1.74. The Bertz CT molecular complexity index is 653. The minimum atomic E-state index is -0.195. The van der Waals surface area contributed by atoms with Gasteiger partial charge in [0.2, 0.25) is 0 Å². The third kappa shape index (κ3) is 4.39. The van der Waals surface area contributed by atoms with E-state index in [0.29, 0.717) is 29.4 Å². The largest absolute Gasteiger partial charge is 0.494 e. The van der Waals surface area contributed by atoms with E-state index in [1.54, 1.807) is 56.7 Å². The Kier molecular flexibility index (Phi) is 5.86. The third-order valence-corrected chi connectivity index (χ3v) is 3.23. The van der Waals surface area contributed by atoms with Crippen LogP contribution in [0.3, 0.4) is 0 Å². The summed E-state index contributed by atoms with van der Waals surface area (Å²) in [6.07, 6.45) is 0.946. The van der Waals surface area contributed by atoms with Gasteiger partial charge in [-0.2, -0.15) is 0 Å². The van der Waals surface area contributed by atoms with E-state index in [1.165, 1.54) is 0 Å². The average molecular weight is 315 g/mol. The van der Waals surface area contributed by atoms with E-state index in [-0.39, 0.29) is 5.91 Å². The van der Waals surface area contributed by atoms with Crippen LogP contribution in [0.2, 0.25) is 0 Å². The van der Waals surface area contributed by atoms with Crippen LogP contribution in [-0.4, -0.2) is 26.7 Å². The number of anilines is 1. The fourth-order valence-corrected chi connectivity index (χ4v) is 2.04. The lowest BCUT2D eigenvalue weighted by molar-refractivity contribution is 0.102. The maximum absolute atomic E-state index is 12.3. The standard InChI is InChI=1S/C18H21NO4/c1-4-11-23-15-8-5-13(6-9-15)18(20)19-14-7-10-16(21-2)17(12-14)22-3/h5-10,12H,4,11H2,1-3H3,(H,19,20). The van der Waals surface area contributed by atoms with E-state index in [2.05, 4.69) is 5.32 Å². The summed E-state index contributed by atoms with van der Waals surface area (Å²) in [6, 6.07) is 12.3. The molecule has 5 heteroatoms. The molecule has 2 aromatic carbocycles. The lowest BCUT2D eigenvalue weighted by atomic mass is 10.2. The van der Waals surface area contributed by atoms with Gasteiger partial charge in [0.15, 0.2) is 11.5 Å². The molecule has 0 heterocycles. The summed E-state index contributed by atoms with van der Waals surface area (Å²) in [5.41, 5.74) is 1.20. The van der Waals surface area contributed by atoms with Crippen LogP contribution >= 0.6 is 0 Å². The zero-order valence-corrected chi connectivity index (χ0v) is 13.6. The van der Waals surface area contributed by atoms with Gasteiger partial charge in [0.05, 0.1) is 20.8 Å². The zero-order valence-electron chi connectivity index (χ0n) is 13.6. The molecule has 0 radical (unpaired) electrons. The molecule has 0 aliphatic heterocycles. The van der Waals surface area contributed by atoms with Gasteiger partial charge in [-0.3, -0.25) is 4.79 Å². The molecule has 1 N–H and O–H groups in total. The lowest BCUT2D eigenvalue weighted by Crippen LogP contribution is -2.12. The van der Waals surface area contributed by atoms with Gasteiger partial charge in [-0.1, -0.05) is 6.92 Å². The summed E-state index contributed by atoms with van der Waals surface area (Å²) >= 11 is 0. The molecule has 2 aromatic rings. The molecule has 0 aliphatic carbocycles. The van der Waals surface area contributed by atoms with Crippen LogP contribution in [0, 0.1) is 0 Å². The lowest BCUT2D eigenvalue weighted by Gasteiger charge is -2.11. The maximum Gasteiger partial charge on any atom is 0.255 e. The first-order chi connectivity index (χ1) is 11.2. The zero-order chi connectivity index (χ0) is 16.7. The van der Waals surface area contributed by atoms with Crippen LogP contribution in [0.25, 0.3) is 0 Å². The summed E-state index contributed by atoms with van der Waals surface area (Å²) in [5, 5.41) is 2.83. The number of hydrogen-bond acceptors (Lipinski definition) is 4. The van der Waals surface area contributed by atoms with Crippen molar-refractivity contribution < 1.29 is 19.0 Å². The van der Waals surface area contributed by atoms with E-state index >= 15 is 0 Å². The Morgan fingerprint density at radius 3 is 2.30 bits per heavy atom. The SMILES string of the molecule is CCCOc1ccc(C(=O)Nc2ccc(OC)c(OC)c2)cc1. The summed E-state index contributed by atoms with van der Waals surface area (Å²) < 4.78 is 15.9. The number of benzene rings is 2. The Hall–Kier alpha value is -2.69. The Labute approximate surface area is 136 Å². The highest BCUT2D eigenvalue weighted by Crippen LogP contribution is 2.29.